The topological polar surface area (TPSA) is 75.7 Å². The van der Waals surface area contributed by atoms with Crippen molar-refractivity contribution in [2.24, 2.45) is 0 Å². The number of hydrogen-bond acceptors (Lipinski definition) is 4. The fourth-order valence-electron chi connectivity index (χ4n) is 3.90. The SMILES string of the molecule is O=C(NCCCOCCc1ccccc1)c1cccc(S(=O)(=O)N2CCc3ccccc32)c1. The van der Waals surface area contributed by atoms with Crippen LogP contribution in [0.1, 0.15) is 27.9 Å². The number of ether oxygens (including phenoxy) is 1. The first-order valence-electron chi connectivity index (χ1n) is 11.2. The van der Waals surface area contributed by atoms with Gasteiger partial charge in [0.2, 0.25) is 0 Å². The van der Waals surface area contributed by atoms with Crippen LogP contribution in [0.2, 0.25) is 0 Å². The molecule has 0 atom stereocenters. The van der Waals surface area contributed by atoms with E-state index in [4.69, 9.17) is 4.74 Å². The summed E-state index contributed by atoms with van der Waals surface area (Å²) in [4.78, 5) is 12.7. The number of carbonyl (C=O) groups is 1. The molecule has 1 aliphatic rings. The third-order valence-corrected chi connectivity index (χ3v) is 7.47. The van der Waals surface area contributed by atoms with E-state index in [9.17, 15) is 13.2 Å². The summed E-state index contributed by atoms with van der Waals surface area (Å²) in [5.41, 5.74) is 3.28. The van der Waals surface area contributed by atoms with Gasteiger partial charge in [0.15, 0.2) is 0 Å². The second-order valence-corrected chi connectivity index (χ2v) is 9.80. The molecule has 0 unspecified atom stereocenters. The van der Waals surface area contributed by atoms with Crippen molar-refractivity contribution in [3.8, 4) is 0 Å². The minimum absolute atomic E-state index is 0.121. The molecule has 33 heavy (non-hydrogen) atoms. The van der Waals surface area contributed by atoms with Crippen LogP contribution in [0.25, 0.3) is 0 Å². The summed E-state index contributed by atoms with van der Waals surface area (Å²) in [6, 6.07) is 23.9. The summed E-state index contributed by atoms with van der Waals surface area (Å²) in [7, 11) is -3.73. The predicted molar refractivity (Wildman–Crippen MR) is 129 cm³/mol. The van der Waals surface area contributed by atoms with E-state index in [0.29, 0.717) is 50.4 Å². The first-order chi connectivity index (χ1) is 16.1. The monoisotopic (exact) mass is 464 g/mol. The molecule has 1 N–H and O–H groups in total. The molecule has 1 amide bonds. The van der Waals surface area contributed by atoms with Gasteiger partial charge < -0.3 is 10.1 Å². The van der Waals surface area contributed by atoms with E-state index in [2.05, 4.69) is 17.4 Å². The summed E-state index contributed by atoms with van der Waals surface area (Å²) in [5, 5.41) is 2.84. The Morgan fingerprint density at radius 1 is 0.939 bits per heavy atom. The van der Waals surface area contributed by atoms with Gasteiger partial charge in [-0.15, -0.1) is 0 Å². The minimum atomic E-state index is -3.73. The Hall–Kier alpha value is -3.16. The highest BCUT2D eigenvalue weighted by Crippen LogP contribution is 2.32. The van der Waals surface area contributed by atoms with Gasteiger partial charge >= 0.3 is 0 Å². The molecule has 0 bridgehead atoms. The fourth-order valence-corrected chi connectivity index (χ4v) is 5.45. The molecule has 4 rings (SSSR count). The Morgan fingerprint density at radius 3 is 2.58 bits per heavy atom. The van der Waals surface area contributed by atoms with E-state index in [1.54, 1.807) is 12.1 Å². The lowest BCUT2D eigenvalue weighted by atomic mass is 10.2. The van der Waals surface area contributed by atoms with Crippen molar-refractivity contribution in [1.29, 1.82) is 0 Å². The molecule has 0 saturated heterocycles. The lowest BCUT2D eigenvalue weighted by Gasteiger charge is -2.20. The molecule has 0 aliphatic carbocycles. The van der Waals surface area contributed by atoms with Crippen LogP contribution in [0.5, 0.6) is 0 Å². The number of anilines is 1. The fraction of sp³-hybridized carbons (Fsp3) is 0.269. The minimum Gasteiger partial charge on any atom is -0.381 e. The highest BCUT2D eigenvalue weighted by molar-refractivity contribution is 7.92. The maximum absolute atomic E-state index is 13.2. The number of carbonyl (C=O) groups excluding carboxylic acids is 1. The Bertz CT molecular complexity index is 1200. The Balaban J connectivity index is 1.27. The molecular formula is C26H28N2O4S. The second kappa shape index (κ2) is 10.6. The molecule has 7 heteroatoms. The van der Waals surface area contributed by atoms with Crippen molar-refractivity contribution < 1.29 is 17.9 Å². The lowest BCUT2D eigenvalue weighted by Crippen LogP contribution is -2.30. The van der Waals surface area contributed by atoms with Crippen LogP contribution in [0, 0.1) is 0 Å². The van der Waals surface area contributed by atoms with Gasteiger partial charge in [-0.1, -0.05) is 54.6 Å². The lowest BCUT2D eigenvalue weighted by molar-refractivity contribution is 0.0942. The first kappa shape index (κ1) is 23.0. The van der Waals surface area contributed by atoms with Gasteiger partial charge in [-0.3, -0.25) is 9.10 Å². The standard InChI is InChI=1S/C26H28N2O4S/c29-26(27-16-7-18-32-19-15-21-8-2-1-3-9-21)23-11-6-12-24(20-23)33(30,31)28-17-14-22-10-4-5-13-25(22)28/h1-6,8-13,20H,7,14-19H2,(H,27,29). The number of benzene rings is 3. The molecular weight excluding hydrogens is 436 g/mol. The smallest absolute Gasteiger partial charge is 0.264 e. The molecule has 0 radical (unpaired) electrons. The summed E-state index contributed by atoms with van der Waals surface area (Å²) >= 11 is 0. The summed E-state index contributed by atoms with van der Waals surface area (Å²) in [6.07, 6.45) is 2.22. The van der Waals surface area contributed by atoms with Crippen molar-refractivity contribution in [1.82, 2.24) is 5.32 Å². The zero-order chi connectivity index (χ0) is 23.1. The van der Waals surface area contributed by atoms with E-state index in [1.807, 2.05) is 42.5 Å². The van der Waals surface area contributed by atoms with Crippen LogP contribution in [0.4, 0.5) is 5.69 Å². The molecule has 172 valence electrons. The van der Waals surface area contributed by atoms with E-state index in [1.165, 1.54) is 22.0 Å². The van der Waals surface area contributed by atoms with Gasteiger partial charge in [-0.05, 0) is 54.7 Å². The average Bonchev–Trinajstić information content (AvgIpc) is 3.29. The molecule has 3 aromatic carbocycles. The van der Waals surface area contributed by atoms with Gasteiger partial charge in [0.1, 0.15) is 0 Å². The molecule has 1 aliphatic heterocycles. The van der Waals surface area contributed by atoms with E-state index < -0.39 is 10.0 Å². The second-order valence-electron chi connectivity index (χ2n) is 7.94. The molecule has 0 fully saturated rings. The largest absolute Gasteiger partial charge is 0.381 e. The number of fused-ring (bicyclic) bond motifs is 1. The number of para-hydroxylation sites is 1. The van der Waals surface area contributed by atoms with Gasteiger partial charge in [0.25, 0.3) is 15.9 Å². The third-order valence-electron chi connectivity index (χ3n) is 5.66. The zero-order valence-corrected chi connectivity index (χ0v) is 19.3. The number of nitrogens with zero attached hydrogens (tertiary/aromatic N) is 1. The highest BCUT2D eigenvalue weighted by atomic mass is 32.2. The summed E-state index contributed by atoms with van der Waals surface area (Å²) in [5.74, 6) is -0.293. The van der Waals surface area contributed by atoms with Gasteiger partial charge in [-0.2, -0.15) is 0 Å². The third kappa shape index (κ3) is 5.61. The summed E-state index contributed by atoms with van der Waals surface area (Å²) < 4.78 is 33.5. The van der Waals surface area contributed by atoms with Crippen molar-refractivity contribution in [3.63, 3.8) is 0 Å². The number of sulfonamides is 1. The van der Waals surface area contributed by atoms with Crippen molar-refractivity contribution in [2.45, 2.75) is 24.2 Å². The highest BCUT2D eigenvalue weighted by Gasteiger charge is 2.30. The van der Waals surface area contributed by atoms with Crippen LogP contribution < -0.4 is 9.62 Å². The van der Waals surface area contributed by atoms with Crippen LogP contribution in [-0.2, 0) is 27.6 Å². The molecule has 0 aromatic heterocycles. The molecule has 0 saturated carbocycles. The van der Waals surface area contributed by atoms with Crippen LogP contribution >= 0.6 is 0 Å². The Morgan fingerprint density at radius 2 is 1.73 bits per heavy atom. The van der Waals surface area contributed by atoms with Gasteiger partial charge in [0.05, 0.1) is 17.2 Å². The van der Waals surface area contributed by atoms with Crippen molar-refractivity contribution in [3.05, 3.63) is 95.6 Å². The quantitative estimate of drug-likeness (QED) is 0.463. The maximum Gasteiger partial charge on any atom is 0.264 e. The van der Waals surface area contributed by atoms with Crippen molar-refractivity contribution >= 4 is 21.6 Å². The Kier molecular flexibility index (Phi) is 7.42. The number of hydrogen-bond donors (Lipinski definition) is 1. The van der Waals surface area contributed by atoms with Gasteiger partial charge in [-0.25, -0.2) is 8.42 Å². The number of nitrogens with one attached hydrogen (secondary N) is 1. The first-order valence-corrected chi connectivity index (χ1v) is 12.6. The van der Waals surface area contributed by atoms with Crippen LogP contribution in [0.3, 0.4) is 0 Å². The number of rotatable bonds is 10. The normalized spacial score (nSPS) is 13.0. The van der Waals surface area contributed by atoms with Crippen molar-refractivity contribution in [2.75, 3.05) is 30.6 Å². The molecule has 0 spiro atoms. The van der Waals surface area contributed by atoms with E-state index in [-0.39, 0.29) is 10.8 Å². The van der Waals surface area contributed by atoms with Gasteiger partial charge in [0, 0.05) is 25.3 Å². The maximum atomic E-state index is 13.2. The molecule has 3 aromatic rings. The number of amides is 1. The van der Waals surface area contributed by atoms with Crippen LogP contribution in [0.15, 0.2) is 83.8 Å². The Labute approximate surface area is 195 Å². The summed E-state index contributed by atoms with van der Waals surface area (Å²) in [6.45, 7) is 2.05. The van der Waals surface area contributed by atoms with E-state index in [0.717, 1.165) is 12.0 Å². The average molecular weight is 465 g/mol. The van der Waals surface area contributed by atoms with E-state index >= 15 is 0 Å². The molecule has 1 heterocycles. The predicted octanol–water partition coefficient (Wildman–Crippen LogP) is 3.82. The molecule has 6 nitrogen and oxygen atoms in total. The van der Waals surface area contributed by atoms with Crippen LogP contribution in [-0.4, -0.2) is 40.6 Å². The zero-order valence-electron chi connectivity index (χ0n) is 18.4.